The maximum absolute atomic E-state index is 11.9. The highest BCUT2D eigenvalue weighted by atomic mass is 16.4. The minimum absolute atomic E-state index is 0.182. The van der Waals surface area contributed by atoms with Gasteiger partial charge in [-0.05, 0) is 37.3 Å². The Balaban J connectivity index is 1.97. The van der Waals surface area contributed by atoms with Crippen molar-refractivity contribution in [3.05, 3.63) is 29.3 Å². The maximum Gasteiger partial charge on any atom is 0.319 e. The summed E-state index contributed by atoms with van der Waals surface area (Å²) in [5.74, 6) is -0.831. The fourth-order valence-electron chi connectivity index (χ4n) is 2.23. The number of hydrogen-bond acceptors (Lipinski definition) is 2. The number of aryl methyl sites for hydroxylation is 2. The summed E-state index contributed by atoms with van der Waals surface area (Å²) in [4.78, 5) is 23.0. The Kier molecular flexibility index (Phi) is 3.97. The molecule has 0 aliphatic heterocycles. The molecule has 0 saturated heterocycles. The van der Waals surface area contributed by atoms with E-state index in [1.165, 1.54) is 0 Å². The van der Waals surface area contributed by atoms with Crippen LogP contribution in [0.25, 0.3) is 0 Å². The highest BCUT2D eigenvalue weighted by Crippen LogP contribution is 2.45. The van der Waals surface area contributed by atoms with E-state index in [2.05, 4.69) is 10.6 Å². The van der Waals surface area contributed by atoms with Crippen LogP contribution in [-0.2, 0) is 11.2 Å². The van der Waals surface area contributed by atoms with Crippen molar-refractivity contribution >= 4 is 17.7 Å². The first-order valence-corrected chi connectivity index (χ1v) is 6.85. The van der Waals surface area contributed by atoms with Gasteiger partial charge in [0.1, 0.15) is 0 Å². The molecule has 0 atom stereocenters. The van der Waals surface area contributed by atoms with Crippen molar-refractivity contribution in [1.29, 1.82) is 0 Å². The number of benzene rings is 1. The van der Waals surface area contributed by atoms with Crippen LogP contribution in [0.2, 0.25) is 0 Å². The number of rotatable bonds is 5. The van der Waals surface area contributed by atoms with E-state index in [1.54, 1.807) is 0 Å². The highest BCUT2D eigenvalue weighted by Gasteiger charge is 2.50. The molecule has 5 heteroatoms. The van der Waals surface area contributed by atoms with Gasteiger partial charge in [0, 0.05) is 12.2 Å². The lowest BCUT2D eigenvalue weighted by molar-refractivity contribution is -0.143. The second-order valence-electron chi connectivity index (χ2n) is 5.36. The first-order chi connectivity index (χ1) is 9.48. The van der Waals surface area contributed by atoms with Gasteiger partial charge in [-0.3, -0.25) is 4.79 Å². The molecule has 0 radical (unpaired) electrons. The lowest BCUT2D eigenvalue weighted by Crippen LogP contribution is -2.37. The third kappa shape index (κ3) is 2.92. The predicted octanol–water partition coefficient (Wildman–Crippen LogP) is 2.54. The Hall–Kier alpha value is -2.04. The maximum atomic E-state index is 11.9. The number of hydrogen-bond donors (Lipinski definition) is 3. The predicted molar refractivity (Wildman–Crippen MR) is 76.9 cm³/mol. The zero-order valence-corrected chi connectivity index (χ0v) is 11.8. The Morgan fingerprint density at radius 2 is 2.05 bits per heavy atom. The number of carbonyl (C=O) groups excluding carboxylic acids is 1. The van der Waals surface area contributed by atoms with Crippen molar-refractivity contribution in [2.45, 2.75) is 33.1 Å². The molecule has 2 amide bonds. The van der Waals surface area contributed by atoms with Gasteiger partial charge in [-0.1, -0.05) is 25.1 Å². The molecule has 1 aliphatic carbocycles. The largest absolute Gasteiger partial charge is 0.481 e. The van der Waals surface area contributed by atoms with Crippen molar-refractivity contribution in [3.63, 3.8) is 0 Å². The van der Waals surface area contributed by atoms with Gasteiger partial charge in [-0.2, -0.15) is 0 Å². The lowest BCUT2D eigenvalue weighted by Gasteiger charge is -2.15. The van der Waals surface area contributed by atoms with Gasteiger partial charge in [-0.15, -0.1) is 0 Å². The fourth-order valence-corrected chi connectivity index (χ4v) is 2.23. The number of para-hydroxylation sites is 1. The number of anilines is 1. The average Bonchev–Trinajstić information content (AvgIpc) is 3.20. The van der Waals surface area contributed by atoms with E-state index in [-0.39, 0.29) is 12.6 Å². The molecule has 5 nitrogen and oxygen atoms in total. The number of nitrogens with one attached hydrogen (secondary N) is 2. The van der Waals surface area contributed by atoms with Crippen molar-refractivity contribution in [2.24, 2.45) is 5.41 Å². The minimum Gasteiger partial charge on any atom is -0.481 e. The van der Waals surface area contributed by atoms with Gasteiger partial charge in [0.25, 0.3) is 0 Å². The summed E-state index contributed by atoms with van der Waals surface area (Å²) >= 11 is 0. The number of carboxylic acid groups (broad SMARTS) is 1. The van der Waals surface area contributed by atoms with Crippen LogP contribution in [0.5, 0.6) is 0 Å². The summed E-state index contributed by atoms with van der Waals surface area (Å²) in [7, 11) is 0. The molecule has 1 aliphatic rings. The summed E-state index contributed by atoms with van der Waals surface area (Å²) in [6.07, 6.45) is 2.09. The van der Waals surface area contributed by atoms with Gasteiger partial charge in [0.05, 0.1) is 5.41 Å². The van der Waals surface area contributed by atoms with Crippen molar-refractivity contribution in [1.82, 2.24) is 5.32 Å². The van der Waals surface area contributed by atoms with Crippen LogP contribution >= 0.6 is 0 Å². The van der Waals surface area contributed by atoms with E-state index >= 15 is 0 Å². The Morgan fingerprint density at radius 1 is 1.35 bits per heavy atom. The van der Waals surface area contributed by atoms with Crippen molar-refractivity contribution in [2.75, 3.05) is 11.9 Å². The molecule has 0 heterocycles. The molecule has 0 aromatic heterocycles. The SMILES string of the molecule is CCc1cccc(C)c1NC(=O)NCC1(C(=O)O)CC1. The highest BCUT2D eigenvalue weighted by molar-refractivity contribution is 5.91. The van der Waals surface area contributed by atoms with E-state index in [0.29, 0.717) is 12.8 Å². The van der Waals surface area contributed by atoms with Crippen molar-refractivity contribution < 1.29 is 14.7 Å². The molecule has 0 bridgehead atoms. The van der Waals surface area contributed by atoms with Crippen LogP contribution in [0.15, 0.2) is 18.2 Å². The summed E-state index contributed by atoms with van der Waals surface area (Å²) in [6.45, 7) is 4.15. The third-order valence-electron chi connectivity index (χ3n) is 3.87. The molecule has 108 valence electrons. The second-order valence-corrected chi connectivity index (χ2v) is 5.36. The third-order valence-corrected chi connectivity index (χ3v) is 3.87. The zero-order valence-electron chi connectivity index (χ0n) is 11.8. The van der Waals surface area contributed by atoms with E-state index in [0.717, 1.165) is 23.2 Å². The fraction of sp³-hybridized carbons (Fsp3) is 0.467. The van der Waals surface area contributed by atoms with Crippen LogP contribution < -0.4 is 10.6 Å². The van der Waals surface area contributed by atoms with E-state index in [1.807, 2.05) is 32.0 Å². The van der Waals surface area contributed by atoms with E-state index < -0.39 is 11.4 Å². The first-order valence-electron chi connectivity index (χ1n) is 6.85. The van der Waals surface area contributed by atoms with Crippen LogP contribution in [-0.4, -0.2) is 23.7 Å². The number of carbonyl (C=O) groups is 2. The molecular formula is C15H20N2O3. The van der Waals surface area contributed by atoms with Gasteiger partial charge in [0.2, 0.25) is 0 Å². The molecule has 1 fully saturated rings. The second kappa shape index (κ2) is 5.53. The Labute approximate surface area is 118 Å². The van der Waals surface area contributed by atoms with E-state index in [9.17, 15) is 9.59 Å². The standard InChI is InChI=1S/C15H20N2O3/c1-3-11-6-4-5-10(2)12(11)17-14(20)16-9-15(7-8-15)13(18)19/h4-6H,3,7-9H2,1-2H3,(H,18,19)(H2,16,17,20). The van der Waals surface area contributed by atoms with Crippen molar-refractivity contribution in [3.8, 4) is 0 Å². The summed E-state index contributed by atoms with van der Waals surface area (Å²) in [5.41, 5.74) is 2.14. The lowest BCUT2D eigenvalue weighted by atomic mass is 10.1. The first kappa shape index (κ1) is 14.4. The van der Waals surface area contributed by atoms with E-state index in [4.69, 9.17) is 5.11 Å². The normalized spacial score (nSPS) is 15.5. The molecule has 0 spiro atoms. The van der Waals surface area contributed by atoms with Crippen LogP contribution in [0.1, 0.15) is 30.9 Å². The summed E-state index contributed by atoms with van der Waals surface area (Å²) in [5, 5.41) is 14.5. The molecule has 3 N–H and O–H groups in total. The minimum atomic E-state index is -0.831. The molecule has 1 aromatic carbocycles. The summed E-state index contributed by atoms with van der Waals surface area (Å²) in [6, 6.07) is 5.53. The zero-order chi connectivity index (χ0) is 14.8. The molecule has 20 heavy (non-hydrogen) atoms. The topological polar surface area (TPSA) is 78.4 Å². The molecule has 1 aromatic rings. The number of carboxylic acids is 1. The van der Waals surface area contributed by atoms with Gasteiger partial charge in [-0.25, -0.2) is 4.79 Å². The van der Waals surface area contributed by atoms with Gasteiger partial charge < -0.3 is 15.7 Å². The number of urea groups is 1. The molecular weight excluding hydrogens is 256 g/mol. The Bertz CT molecular complexity index is 536. The molecule has 0 unspecified atom stereocenters. The average molecular weight is 276 g/mol. The molecule has 1 saturated carbocycles. The van der Waals surface area contributed by atoms with Crippen LogP contribution in [0.4, 0.5) is 10.5 Å². The number of amides is 2. The Morgan fingerprint density at radius 3 is 2.60 bits per heavy atom. The molecule has 2 rings (SSSR count). The smallest absolute Gasteiger partial charge is 0.319 e. The number of aliphatic carboxylic acids is 1. The van der Waals surface area contributed by atoms with Crippen LogP contribution in [0.3, 0.4) is 0 Å². The van der Waals surface area contributed by atoms with Gasteiger partial charge in [0.15, 0.2) is 0 Å². The van der Waals surface area contributed by atoms with Crippen LogP contribution in [0, 0.1) is 12.3 Å². The monoisotopic (exact) mass is 276 g/mol. The summed E-state index contributed by atoms with van der Waals surface area (Å²) < 4.78 is 0. The quantitative estimate of drug-likeness (QED) is 0.773. The van der Waals surface area contributed by atoms with Gasteiger partial charge >= 0.3 is 12.0 Å².